The summed E-state index contributed by atoms with van der Waals surface area (Å²) in [5.74, 6) is 0.661. The van der Waals surface area contributed by atoms with E-state index in [2.05, 4.69) is 0 Å². The zero-order valence-corrected chi connectivity index (χ0v) is 79.4. The van der Waals surface area contributed by atoms with E-state index in [0.717, 1.165) is 21.5 Å². The van der Waals surface area contributed by atoms with Crippen LogP contribution < -0.4 is 42.6 Å². The van der Waals surface area contributed by atoms with E-state index in [1.165, 1.54) is 0 Å². The van der Waals surface area contributed by atoms with E-state index in [9.17, 15) is 38.4 Å². The van der Waals surface area contributed by atoms with Crippen LogP contribution in [0.1, 0.15) is 145 Å². The predicted octanol–water partition coefficient (Wildman–Crippen LogP) is 18.5. The van der Waals surface area contributed by atoms with Gasteiger partial charge in [-0.05, 0) is 257 Å². The molecule has 6 atom stereocenters. The number of benzene rings is 12. The Hall–Kier alpha value is -15.2. The molecule has 144 heavy (non-hydrogen) atoms. The first kappa shape index (κ1) is 112. The van der Waals surface area contributed by atoms with Gasteiger partial charge in [0.25, 0.3) is 0 Å². The van der Waals surface area contributed by atoms with Crippen LogP contribution in [-0.2, 0) is 82.4 Å². The second-order valence-electron chi connectivity index (χ2n) is 31.3. The SMILES string of the molecule is C.C.CC(COC(=O)c1ccc(OCOCCOC(=O)c2cccc3ccccc23)cc1)OCOc1ccc(C(=O)OCC(C)OCOc2ccc(C(=O)OCC(C)OCOc3cccc4ccccc34)cc2)cc1.COc1ccc(OCOC(C)COC(=O)c2ccc(OCOC(C)COC(=O)c3ccc(OCOC(C)COC(=O)c4ccc(OCOCCOC(=O)c5ccc(CO)cc5)cc4)cc3)cc2)cc1. The van der Waals surface area contributed by atoms with Gasteiger partial charge in [-0.15, -0.1) is 0 Å². The molecular formula is C110H120O34. The van der Waals surface area contributed by atoms with E-state index in [0.29, 0.717) is 102 Å². The number of carbonyl (C=O) groups is 8. The molecule has 0 heterocycles. The number of carbonyl (C=O) groups excluding carboxylic acids is 8. The number of aliphatic hydroxyl groups is 1. The fraction of sp³-hybridized carbons (Fsp3) is 0.309. The number of hydrogen-bond acceptors (Lipinski definition) is 34. The van der Waals surface area contributed by atoms with Gasteiger partial charge in [-0.3, -0.25) is 0 Å². The van der Waals surface area contributed by atoms with Gasteiger partial charge in [0.15, 0.2) is 54.3 Å². The van der Waals surface area contributed by atoms with Crippen LogP contribution in [0, 0.1) is 0 Å². The minimum atomic E-state index is -0.554. The molecule has 0 saturated heterocycles. The van der Waals surface area contributed by atoms with Crippen molar-refractivity contribution in [2.24, 2.45) is 0 Å². The van der Waals surface area contributed by atoms with Crippen molar-refractivity contribution in [2.45, 2.75) is 99.6 Å². The monoisotopic (exact) mass is 1980 g/mol. The Morgan fingerprint density at radius 1 is 0.236 bits per heavy atom. The van der Waals surface area contributed by atoms with Gasteiger partial charge in [0.2, 0.25) is 0 Å². The van der Waals surface area contributed by atoms with Crippen LogP contribution in [0.5, 0.6) is 51.7 Å². The Kier molecular flexibility index (Phi) is 48.0. The molecule has 1 N–H and O–H groups in total. The van der Waals surface area contributed by atoms with Gasteiger partial charge in [0, 0.05) is 5.39 Å². The summed E-state index contributed by atoms with van der Waals surface area (Å²) in [6, 6.07) is 78.4. The van der Waals surface area contributed by atoms with Gasteiger partial charge in [-0.2, -0.15) is 0 Å². The van der Waals surface area contributed by atoms with Gasteiger partial charge < -0.3 is 124 Å². The Labute approximate surface area is 835 Å². The maximum atomic E-state index is 12.7. The zero-order valence-electron chi connectivity index (χ0n) is 79.4. The maximum absolute atomic E-state index is 12.7. The summed E-state index contributed by atoms with van der Waals surface area (Å²) >= 11 is 0. The predicted molar refractivity (Wildman–Crippen MR) is 527 cm³/mol. The van der Waals surface area contributed by atoms with Crippen molar-refractivity contribution >= 4 is 69.3 Å². The highest BCUT2D eigenvalue weighted by Crippen LogP contribution is 2.28. The average molecular weight is 1990 g/mol. The largest absolute Gasteiger partial charge is 0.497 e. The lowest BCUT2D eigenvalue weighted by molar-refractivity contribution is -0.0548. The Bertz CT molecular complexity index is 5880. The van der Waals surface area contributed by atoms with Crippen LogP contribution in [0.2, 0.25) is 0 Å². The Morgan fingerprint density at radius 3 is 0.778 bits per heavy atom. The second kappa shape index (κ2) is 61.5. The summed E-state index contributed by atoms with van der Waals surface area (Å²) in [7, 11) is 1.59. The van der Waals surface area contributed by atoms with Gasteiger partial charge in [-0.25, -0.2) is 38.4 Å². The van der Waals surface area contributed by atoms with Crippen molar-refractivity contribution in [1.29, 1.82) is 0 Å². The Balaban J connectivity index is 0.000000317. The molecule has 764 valence electrons. The molecule has 0 aliphatic carbocycles. The van der Waals surface area contributed by atoms with E-state index in [1.807, 2.05) is 78.9 Å². The molecule has 12 aromatic rings. The molecule has 0 saturated carbocycles. The average Bonchev–Trinajstić information content (AvgIpc) is 0.831. The van der Waals surface area contributed by atoms with Crippen molar-refractivity contribution in [3.05, 3.63) is 329 Å². The molecule has 0 aliphatic rings. The number of fused-ring (bicyclic) bond motifs is 2. The molecule has 0 radical (unpaired) electrons. The highest BCUT2D eigenvalue weighted by molar-refractivity contribution is 6.04. The smallest absolute Gasteiger partial charge is 0.338 e. The second-order valence-corrected chi connectivity index (χ2v) is 31.3. The summed E-state index contributed by atoms with van der Waals surface area (Å²) in [4.78, 5) is 100. The quantitative estimate of drug-likeness (QED) is 0.0160. The fourth-order valence-corrected chi connectivity index (χ4v) is 12.4. The number of hydrogen-bond donors (Lipinski definition) is 1. The van der Waals surface area contributed by atoms with Crippen LogP contribution >= 0.6 is 0 Å². The highest BCUT2D eigenvalue weighted by atomic mass is 16.7. The lowest BCUT2D eigenvalue weighted by Gasteiger charge is -2.15. The molecule has 0 aromatic heterocycles. The fourth-order valence-electron chi connectivity index (χ4n) is 12.4. The van der Waals surface area contributed by atoms with E-state index >= 15 is 0 Å². The zero-order chi connectivity index (χ0) is 100. The molecule has 34 heteroatoms. The summed E-state index contributed by atoms with van der Waals surface area (Å²) in [5.41, 5.74) is 3.48. The van der Waals surface area contributed by atoms with Gasteiger partial charge in [0.05, 0.1) is 108 Å². The van der Waals surface area contributed by atoms with Crippen molar-refractivity contribution in [2.75, 3.05) is 128 Å². The van der Waals surface area contributed by atoms with E-state index in [4.69, 9.17) is 124 Å². The summed E-state index contributed by atoms with van der Waals surface area (Å²) in [6.07, 6.45) is -2.72. The first-order valence-corrected chi connectivity index (χ1v) is 45.2. The van der Waals surface area contributed by atoms with Crippen LogP contribution in [-0.4, -0.2) is 217 Å². The van der Waals surface area contributed by atoms with Gasteiger partial charge in [0.1, 0.15) is 105 Å². The van der Waals surface area contributed by atoms with Crippen LogP contribution in [0.25, 0.3) is 21.5 Å². The third kappa shape index (κ3) is 39.0. The molecule has 0 fully saturated rings. The number of aliphatic hydroxyl groups excluding tert-OH is 1. The van der Waals surface area contributed by atoms with E-state index < -0.39 is 84.4 Å². The standard InChI is InChI=1S/C57H56O16.C51H56O18.2CH4/c1-39(32-64-54(58)44-18-24-47(25-19-44)70-35-62-30-31-63-57(61)52-16-8-12-42-10-4-6-14-50(42)52)67-36-71-48-26-20-45(21-27-48)55(59)65-33-40(2)68-37-72-49-28-22-46(23-29-49)56(60)66-34-41(3)69-38-73-53-17-9-13-43-11-5-7-15-51(43)53;1-35(28-60-49(54)40-9-15-44(16-10-40)66-31-58-25-26-59-48(53)39-7-5-38(27-52)6-8-39)63-32-67-45-17-11-41(12-18-45)50(55)61-29-36(2)64-33-68-46-19-13-42(14-20-46)51(56)62-30-37(3)65-34-69-47-23-21-43(57-4)22-24-47;;/h4-29,39-41H,30-38H2,1-3H3;5-24,35-37,52H,25-34H2,1-4H3;2*1H4. The Morgan fingerprint density at radius 2 is 0.472 bits per heavy atom. The lowest BCUT2D eigenvalue weighted by Crippen LogP contribution is -2.21. The summed E-state index contributed by atoms with van der Waals surface area (Å²) in [6.45, 7) is 10.0. The topological polar surface area (TPSA) is 388 Å². The molecular weight excluding hydrogens is 1870 g/mol. The summed E-state index contributed by atoms with van der Waals surface area (Å²) < 4.78 is 137. The normalized spacial score (nSPS) is 12.0. The van der Waals surface area contributed by atoms with E-state index in [1.54, 1.807) is 249 Å². The minimum Gasteiger partial charge on any atom is -0.497 e. The van der Waals surface area contributed by atoms with E-state index in [-0.39, 0.29) is 142 Å². The van der Waals surface area contributed by atoms with Crippen LogP contribution in [0.4, 0.5) is 0 Å². The molecule has 0 spiro atoms. The van der Waals surface area contributed by atoms with Crippen LogP contribution in [0.3, 0.4) is 0 Å². The van der Waals surface area contributed by atoms with Gasteiger partial charge in [-0.1, -0.05) is 99.8 Å². The van der Waals surface area contributed by atoms with Crippen LogP contribution in [0.15, 0.2) is 279 Å². The molecule has 6 unspecified atom stereocenters. The van der Waals surface area contributed by atoms with Crippen molar-refractivity contribution in [1.82, 2.24) is 0 Å². The molecule has 0 bridgehead atoms. The number of rotatable bonds is 58. The lowest BCUT2D eigenvalue weighted by atomic mass is 10.1. The first-order chi connectivity index (χ1) is 69.1. The van der Waals surface area contributed by atoms with Crippen molar-refractivity contribution in [3.8, 4) is 51.7 Å². The van der Waals surface area contributed by atoms with Gasteiger partial charge >= 0.3 is 47.8 Å². The number of ether oxygens (including phenoxy) is 25. The minimum absolute atomic E-state index is 0. The summed E-state index contributed by atoms with van der Waals surface area (Å²) in [5, 5.41) is 12.9. The third-order valence-electron chi connectivity index (χ3n) is 20.4. The number of esters is 8. The van der Waals surface area contributed by atoms with Crippen molar-refractivity contribution < 1.29 is 162 Å². The molecule has 34 nitrogen and oxygen atoms in total. The highest BCUT2D eigenvalue weighted by Gasteiger charge is 2.21. The molecule has 12 aromatic carbocycles. The molecule has 12 rings (SSSR count). The number of methoxy groups -OCH3 is 1. The van der Waals surface area contributed by atoms with Crippen molar-refractivity contribution in [3.63, 3.8) is 0 Å². The molecule has 0 aliphatic heterocycles. The molecule has 0 amide bonds. The third-order valence-corrected chi connectivity index (χ3v) is 20.4. The first-order valence-electron chi connectivity index (χ1n) is 45.2. The maximum Gasteiger partial charge on any atom is 0.338 e.